The molecule has 1 aliphatic rings. The molecule has 30 heavy (non-hydrogen) atoms. The van der Waals surface area contributed by atoms with Gasteiger partial charge in [0.25, 0.3) is 0 Å². The number of aromatic nitrogens is 1. The molecule has 2 N–H and O–H groups in total. The number of benzene rings is 2. The fourth-order valence-corrected chi connectivity index (χ4v) is 4.24. The molecular formula is C22H24N4O3S. The smallest absolute Gasteiger partial charge is 0.238 e. The molecule has 2 heterocycles. The maximum atomic E-state index is 12.3. The summed E-state index contributed by atoms with van der Waals surface area (Å²) in [6, 6.07) is 15.1. The number of anilines is 2. The van der Waals surface area contributed by atoms with Crippen molar-refractivity contribution < 1.29 is 14.3 Å². The van der Waals surface area contributed by atoms with Crippen LogP contribution in [-0.2, 0) is 20.7 Å². The van der Waals surface area contributed by atoms with Crippen molar-refractivity contribution in [3.8, 4) is 0 Å². The Morgan fingerprint density at radius 3 is 2.33 bits per heavy atom. The van der Waals surface area contributed by atoms with Crippen molar-refractivity contribution in [3.63, 3.8) is 0 Å². The van der Waals surface area contributed by atoms with E-state index in [4.69, 9.17) is 4.74 Å². The minimum Gasteiger partial charge on any atom is -0.379 e. The van der Waals surface area contributed by atoms with Gasteiger partial charge in [0.15, 0.2) is 0 Å². The Morgan fingerprint density at radius 2 is 1.63 bits per heavy atom. The van der Waals surface area contributed by atoms with Gasteiger partial charge in [-0.3, -0.25) is 14.5 Å². The van der Waals surface area contributed by atoms with Gasteiger partial charge in [0.2, 0.25) is 11.8 Å². The van der Waals surface area contributed by atoms with Gasteiger partial charge in [-0.25, -0.2) is 4.98 Å². The number of carbonyl (C=O) groups is 2. The molecule has 0 atom stereocenters. The largest absolute Gasteiger partial charge is 0.379 e. The van der Waals surface area contributed by atoms with Crippen molar-refractivity contribution >= 4 is 44.7 Å². The molecule has 2 aromatic carbocycles. The molecule has 0 saturated carbocycles. The molecule has 0 unspecified atom stereocenters. The summed E-state index contributed by atoms with van der Waals surface area (Å²) in [6.45, 7) is 3.24. The fraction of sp³-hybridized carbons (Fsp3) is 0.318. The van der Waals surface area contributed by atoms with Gasteiger partial charge in [-0.1, -0.05) is 12.1 Å². The topological polar surface area (TPSA) is 83.6 Å². The van der Waals surface area contributed by atoms with Crippen molar-refractivity contribution in [2.45, 2.75) is 12.8 Å². The van der Waals surface area contributed by atoms with Crippen LogP contribution in [0.3, 0.4) is 0 Å². The predicted octanol–water partition coefficient (Wildman–Crippen LogP) is 3.14. The third kappa shape index (κ3) is 5.63. The highest BCUT2D eigenvalue weighted by atomic mass is 32.1. The zero-order valence-corrected chi connectivity index (χ0v) is 17.4. The highest BCUT2D eigenvalue weighted by Gasteiger charge is 2.14. The number of nitrogens with zero attached hydrogens (tertiary/aromatic N) is 2. The summed E-state index contributed by atoms with van der Waals surface area (Å²) in [5.41, 5.74) is 2.39. The quantitative estimate of drug-likeness (QED) is 0.609. The highest BCUT2D eigenvalue weighted by molar-refractivity contribution is 7.18. The second-order valence-corrected chi connectivity index (χ2v) is 8.25. The monoisotopic (exact) mass is 424 g/mol. The van der Waals surface area contributed by atoms with E-state index in [1.807, 2.05) is 24.3 Å². The Bertz CT molecular complexity index is 980. The number of thiazole rings is 1. The lowest BCUT2D eigenvalue weighted by Crippen LogP contribution is -2.41. The van der Waals surface area contributed by atoms with Crippen LogP contribution in [-0.4, -0.2) is 54.5 Å². The Morgan fingerprint density at radius 1 is 0.967 bits per heavy atom. The Balaban J connectivity index is 1.23. The van der Waals surface area contributed by atoms with E-state index in [0.717, 1.165) is 28.3 Å². The standard InChI is InChI=1S/C22H24N4O3S/c27-20(9-10-22-25-18-3-1-2-4-19(18)30-22)23-16-5-7-17(8-6-16)24-21(28)15-26-11-13-29-14-12-26/h1-8H,9-15H2,(H,23,27)(H,24,28). The molecule has 4 rings (SSSR count). The minimum absolute atomic E-state index is 0.0514. The second-order valence-electron chi connectivity index (χ2n) is 7.14. The van der Waals surface area contributed by atoms with Crippen molar-refractivity contribution in [1.82, 2.24) is 9.88 Å². The van der Waals surface area contributed by atoms with Crippen molar-refractivity contribution in [3.05, 3.63) is 53.5 Å². The molecule has 1 saturated heterocycles. The van der Waals surface area contributed by atoms with Crippen LogP contribution < -0.4 is 10.6 Å². The molecule has 7 nitrogen and oxygen atoms in total. The van der Waals surface area contributed by atoms with Crippen LogP contribution in [0.15, 0.2) is 48.5 Å². The molecule has 0 radical (unpaired) electrons. The van der Waals surface area contributed by atoms with E-state index in [1.165, 1.54) is 0 Å². The number of aryl methyl sites for hydroxylation is 1. The zero-order chi connectivity index (χ0) is 20.8. The second kappa shape index (κ2) is 9.80. The molecule has 8 heteroatoms. The number of nitrogens with one attached hydrogen (secondary N) is 2. The molecule has 156 valence electrons. The lowest BCUT2D eigenvalue weighted by atomic mass is 10.2. The molecule has 1 aliphatic heterocycles. The fourth-order valence-electron chi connectivity index (χ4n) is 3.27. The van der Waals surface area contributed by atoms with E-state index in [1.54, 1.807) is 35.6 Å². The van der Waals surface area contributed by atoms with E-state index in [9.17, 15) is 9.59 Å². The summed E-state index contributed by atoms with van der Waals surface area (Å²) < 4.78 is 6.43. The van der Waals surface area contributed by atoms with E-state index in [2.05, 4.69) is 20.5 Å². The van der Waals surface area contributed by atoms with Crippen LogP contribution in [0.4, 0.5) is 11.4 Å². The number of hydrogen-bond acceptors (Lipinski definition) is 6. The number of hydrogen-bond donors (Lipinski definition) is 2. The van der Waals surface area contributed by atoms with Gasteiger partial charge >= 0.3 is 0 Å². The van der Waals surface area contributed by atoms with E-state index in [0.29, 0.717) is 44.0 Å². The Labute approximate surface area is 179 Å². The first-order valence-electron chi connectivity index (χ1n) is 10.00. The number of ether oxygens (including phenoxy) is 1. The van der Waals surface area contributed by atoms with Gasteiger partial charge in [-0.05, 0) is 36.4 Å². The lowest BCUT2D eigenvalue weighted by molar-refractivity contribution is -0.118. The van der Waals surface area contributed by atoms with Gasteiger partial charge in [0.05, 0.1) is 35.0 Å². The SMILES string of the molecule is O=C(CCc1nc2ccccc2s1)Nc1ccc(NC(=O)CN2CCOCC2)cc1. The molecule has 3 aromatic rings. The van der Waals surface area contributed by atoms with Gasteiger partial charge in [-0.2, -0.15) is 0 Å². The van der Waals surface area contributed by atoms with E-state index < -0.39 is 0 Å². The van der Waals surface area contributed by atoms with Crippen LogP contribution in [0, 0.1) is 0 Å². The van der Waals surface area contributed by atoms with Crippen LogP contribution in [0.5, 0.6) is 0 Å². The Hall–Kier alpha value is -2.81. The molecule has 2 amide bonds. The number of carbonyl (C=O) groups excluding carboxylic acids is 2. The number of morpholine rings is 1. The first-order valence-corrected chi connectivity index (χ1v) is 10.8. The minimum atomic E-state index is -0.0571. The normalized spacial score (nSPS) is 14.5. The summed E-state index contributed by atoms with van der Waals surface area (Å²) >= 11 is 1.62. The van der Waals surface area contributed by atoms with Gasteiger partial charge < -0.3 is 15.4 Å². The van der Waals surface area contributed by atoms with E-state index >= 15 is 0 Å². The molecular weight excluding hydrogens is 400 g/mol. The number of fused-ring (bicyclic) bond motifs is 1. The van der Waals surface area contributed by atoms with Crippen LogP contribution in [0.1, 0.15) is 11.4 Å². The summed E-state index contributed by atoms with van der Waals surface area (Å²) in [5.74, 6) is -0.108. The predicted molar refractivity (Wildman–Crippen MR) is 119 cm³/mol. The average Bonchev–Trinajstić information content (AvgIpc) is 3.17. The summed E-state index contributed by atoms with van der Waals surface area (Å²) in [4.78, 5) is 31.1. The van der Waals surface area contributed by atoms with E-state index in [-0.39, 0.29) is 11.8 Å². The van der Waals surface area contributed by atoms with Gasteiger partial charge in [-0.15, -0.1) is 11.3 Å². The van der Waals surface area contributed by atoms with Crippen LogP contribution in [0.25, 0.3) is 10.2 Å². The van der Waals surface area contributed by atoms with Crippen molar-refractivity contribution in [2.75, 3.05) is 43.5 Å². The maximum Gasteiger partial charge on any atom is 0.238 e. The zero-order valence-electron chi connectivity index (χ0n) is 16.6. The van der Waals surface area contributed by atoms with Crippen LogP contribution >= 0.6 is 11.3 Å². The molecule has 1 fully saturated rings. The molecule has 0 bridgehead atoms. The van der Waals surface area contributed by atoms with Crippen molar-refractivity contribution in [2.24, 2.45) is 0 Å². The Kier molecular flexibility index (Phi) is 6.68. The third-order valence-electron chi connectivity index (χ3n) is 4.83. The number of amides is 2. The molecule has 1 aromatic heterocycles. The molecule has 0 spiro atoms. The first kappa shape index (κ1) is 20.5. The molecule has 0 aliphatic carbocycles. The van der Waals surface area contributed by atoms with Crippen LogP contribution in [0.2, 0.25) is 0 Å². The van der Waals surface area contributed by atoms with Crippen molar-refractivity contribution in [1.29, 1.82) is 0 Å². The maximum absolute atomic E-state index is 12.3. The first-order chi connectivity index (χ1) is 14.7. The average molecular weight is 425 g/mol. The third-order valence-corrected chi connectivity index (χ3v) is 5.92. The summed E-state index contributed by atoms with van der Waals surface area (Å²) in [7, 11) is 0. The summed E-state index contributed by atoms with van der Waals surface area (Å²) in [5, 5.41) is 6.75. The highest BCUT2D eigenvalue weighted by Crippen LogP contribution is 2.22. The lowest BCUT2D eigenvalue weighted by Gasteiger charge is -2.25. The van der Waals surface area contributed by atoms with Gasteiger partial charge in [0.1, 0.15) is 0 Å². The van der Waals surface area contributed by atoms with Gasteiger partial charge in [0, 0.05) is 37.3 Å². The summed E-state index contributed by atoms with van der Waals surface area (Å²) in [6.07, 6.45) is 0.985. The number of para-hydroxylation sites is 1. The number of rotatable bonds is 7.